The molecule has 37 heavy (non-hydrogen) atoms. The Kier molecular flexibility index (Phi) is 4.85. The van der Waals surface area contributed by atoms with Crippen LogP contribution in [0.2, 0.25) is 0 Å². The number of aryl methyl sites for hydroxylation is 2. The van der Waals surface area contributed by atoms with E-state index in [1.54, 1.807) is 0 Å². The van der Waals surface area contributed by atoms with Crippen LogP contribution in [0.1, 0.15) is 65.3 Å². The lowest BCUT2D eigenvalue weighted by Crippen LogP contribution is -2.08. The summed E-state index contributed by atoms with van der Waals surface area (Å²) < 4.78 is 0. The van der Waals surface area contributed by atoms with Crippen molar-refractivity contribution in [3.05, 3.63) is 123 Å². The van der Waals surface area contributed by atoms with E-state index in [2.05, 4.69) is 99.6 Å². The summed E-state index contributed by atoms with van der Waals surface area (Å²) in [7, 11) is 0. The van der Waals surface area contributed by atoms with Gasteiger partial charge in [0.25, 0.3) is 0 Å². The van der Waals surface area contributed by atoms with Crippen LogP contribution in [0.15, 0.2) is 78.9 Å². The fourth-order valence-corrected chi connectivity index (χ4v) is 7.02. The van der Waals surface area contributed by atoms with Crippen molar-refractivity contribution < 1.29 is 0 Å². The van der Waals surface area contributed by atoms with Gasteiger partial charge in [0.2, 0.25) is 0 Å². The van der Waals surface area contributed by atoms with Gasteiger partial charge in [0, 0.05) is 0 Å². The molecule has 5 aromatic carbocycles. The summed E-state index contributed by atoms with van der Waals surface area (Å²) in [6.07, 6.45) is 4.33. The molecule has 0 aromatic heterocycles. The Balaban J connectivity index is 0.00000113. The third kappa shape index (κ3) is 2.96. The van der Waals surface area contributed by atoms with Gasteiger partial charge in [-0.05, 0) is 152 Å². The fraction of sp³-hybridized carbons (Fsp3) is 0.189. The molecule has 0 spiro atoms. The third-order valence-electron chi connectivity index (χ3n) is 8.69. The average Bonchev–Trinajstić information content (AvgIpc) is 3.41. The van der Waals surface area contributed by atoms with E-state index in [0.717, 1.165) is 12.8 Å². The maximum absolute atomic E-state index is 2.50. The average molecular weight is 477 g/mol. The van der Waals surface area contributed by atoms with E-state index < -0.39 is 0 Å². The highest BCUT2D eigenvalue weighted by Crippen LogP contribution is 2.51. The highest BCUT2D eigenvalue weighted by molar-refractivity contribution is 6.16. The topological polar surface area (TPSA) is 0 Å². The molecule has 3 aliphatic carbocycles. The van der Waals surface area contributed by atoms with E-state index in [1.807, 2.05) is 13.8 Å². The zero-order chi connectivity index (χ0) is 25.4. The summed E-state index contributed by atoms with van der Waals surface area (Å²) >= 11 is 0. The first kappa shape index (κ1) is 22.3. The number of rotatable bonds is 0. The van der Waals surface area contributed by atoms with Crippen LogP contribution < -0.4 is 0 Å². The van der Waals surface area contributed by atoms with Gasteiger partial charge in [0.1, 0.15) is 0 Å². The summed E-state index contributed by atoms with van der Waals surface area (Å²) in [4.78, 5) is 0. The van der Waals surface area contributed by atoms with E-state index in [1.165, 1.54) is 94.2 Å². The molecule has 0 nitrogen and oxygen atoms in total. The van der Waals surface area contributed by atoms with Gasteiger partial charge in [-0.1, -0.05) is 68.5 Å². The first-order valence-electron chi connectivity index (χ1n) is 13.7. The van der Waals surface area contributed by atoms with Gasteiger partial charge in [-0.25, -0.2) is 0 Å². The van der Waals surface area contributed by atoms with Gasteiger partial charge in [0.05, 0.1) is 0 Å². The Labute approximate surface area is 220 Å². The molecule has 0 saturated carbocycles. The van der Waals surface area contributed by atoms with Crippen LogP contribution in [0.5, 0.6) is 0 Å². The molecule has 180 valence electrons. The van der Waals surface area contributed by atoms with Gasteiger partial charge in [-0.15, -0.1) is 0 Å². The molecule has 0 fully saturated rings. The smallest absolute Gasteiger partial charge is 0.00196 e. The predicted molar refractivity (Wildman–Crippen MR) is 159 cm³/mol. The van der Waals surface area contributed by atoms with Crippen molar-refractivity contribution in [1.82, 2.24) is 0 Å². The highest BCUT2D eigenvalue weighted by atomic mass is 14.3. The SMILES string of the molecule is C/C=C1/c2cc3c(cc2-c2cccc(C)c21)Cc1cc2c(cc1C3)-c1ccc(C)c3cccc-2c13.CC. The van der Waals surface area contributed by atoms with Crippen molar-refractivity contribution in [3.63, 3.8) is 0 Å². The van der Waals surface area contributed by atoms with Crippen molar-refractivity contribution >= 4 is 16.3 Å². The maximum Gasteiger partial charge on any atom is -0.00196 e. The molecule has 8 rings (SSSR count). The van der Waals surface area contributed by atoms with E-state index in [0.29, 0.717) is 0 Å². The van der Waals surface area contributed by atoms with E-state index >= 15 is 0 Å². The minimum atomic E-state index is 1.02. The second-order valence-electron chi connectivity index (χ2n) is 10.5. The summed E-state index contributed by atoms with van der Waals surface area (Å²) in [6.45, 7) is 10.6. The first-order valence-corrected chi connectivity index (χ1v) is 13.7. The van der Waals surface area contributed by atoms with E-state index in [9.17, 15) is 0 Å². The standard InChI is InChI=1S/C35H26.C2H6/c1-4-25-30-15-21-13-24-18-33-29-12-11-19(2)26-8-6-10-28(35(26)29)32(33)17-23(24)14-22(21)16-31(30)27-9-5-7-20(3)34(25)27;1-2/h4-12,15-18H,13-14H2,1-3H3;1-2H3/b25-4-;. The molecule has 0 unspecified atom stereocenters. The van der Waals surface area contributed by atoms with Crippen LogP contribution in [-0.4, -0.2) is 0 Å². The molecule has 0 saturated heterocycles. The van der Waals surface area contributed by atoms with Crippen molar-refractivity contribution in [3.8, 4) is 33.4 Å². The lowest BCUT2D eigenvalue weighted by molar-refractivity contribution is 1.00. The molecule has 3 aliphatic rings. The Hall–Kier alpha value is -3.90. The summed E-state index contributed by atoms with van der Waals surface area (Å²) in [5, 5.41) is 2.83. The van der Waals surface area contributed by atoms with Crippen molar-refractivity contribution in [2.24, 2.45) is 0 Å². The normalized spacial score (nSPS) is 14.5. The third-order valence-corrected chi connectivity index (χ3v) is 8.69. The largest absolute Gasteiger partial charge is 0.0791 e. The van der Waals surface area contributed by atoms with Crippen molar-refractivity contribution in [1.29, 1.82) is 0 Å². The molecule has 0 bridgehead atoms. The Morgan fingerprint density at radius 2 is 1.08 bits per heavy atom. The molecule has 0 atom stereocenters. The molecular weight excluding hydrogens is 444 g/mol. The van der Waals surface area contributed by atoms with Gasteiger partial charge in [-0.2, -0.15) is 0 Å². The molecule has 5 aromatic rings. The molecule has 0 heterocycles. The van der Waals surface area contributed by atoms with Crippen LogP contribution in [0.4, 0.5) is 0 Å². The minimum absolute atomic E-state index is 1.02. The predicted octanol–water partition coefficient (Wildman–Crippen LogP) is 10.1. The molecule has 0 radical (unpaired) electrons. The monoisotopic (exact) mass is 476 g/mol. The second-order valence-corrected chi connectivity index (χ2v) is 10.5. The lowest BCUT2D eigenvalue weighted by atomic mass is 9.81. The fourth-order valence-electron chi connectivity index (χ4n) is 7.02. The molecule has 0 amide bonds. The van der Waals surface area contributed by atoms with Crippen LogP contribution in [0, 0.1) is 13.8 Å². The number of allylic oxidation sites excluding steroid dienone is 1. The van der Waals surface area contributed by atoms with Crippen LogP contribution >= 0.6 is 0 Å². The summed E-state index contributed by atoms with van der Waals surface area (Å²) in [6, 6.07) is 28.2. The van der Waals surface area contributed by atoms with Crippen molar-refractivity contribution in [2.75, 3.05) is 0 Å². The molecule has 0 aliphatic heterocycles. The van der Waals surface area contributed by atoms with Gasteiger partial charge in [0.15, 0.2) is 0 Å². The number of fused-ring (bicyclic) bond motifs is 8. The highest BCUT2D eigenvalue weighted by Gasteiger charge is 2.29. The van der Waals surface area contributed by atoms with Gasteiger partial charge in [-0.3, -0.25) is 0 Å². The molecular formula is C37H32. The molecule has 0 heteroatoms. The lowest BCUT2D eigenvalue weighted by Gasteiger charge is -2.23. The summed E-state index contributed by atoms with van der Waals surface area (Å²) in [5.74, 6) is 0. The number of benzene rings is 5. The Morgan fingerprint density at radius 3 is 1.73 bits per heavy atom. The second kappa shape index (κ2) is 8.05. The zero-order valence-electron chi connectivity index (χ0n) is 22.4. The zero-order valence-corrected chi connectivity index (χ0v) is 22.4. The van der Waals surface area contributed by atoms with Crippen LogP contribution in [0.25, 0.3) is 49.7 Å². The van der Waals surface area contributed by atoms with Gasteiger partial charge >= 0.3 is 0 Å². The quantitative estimate of drug-likeness (QED) is 0.204. The van der Waals surface area contributed by atoms with E-state index in [-0.39, 0.29) is 0 Å². The van der Waals surface area contributed by atoms with Crippen molar-refractivity contribution in [2.45, 2.75) is 47.5 Å². The Bertz CT molecular complexity index is 1810. The first-order chi connectivity index (χ1) is 18.1. The minimum Gasteiger partial charge on any atom is -0.0791 e. The number of hydrogen-bond donors (Lipinski definition) is 0. The van der Waals surface area contributed by atoms with E-state index in [4.69, 9.17) is 0 Å². The number of hydrogen-bond acceptors (Lipinski definition) is 0. The van der Waals surface area contributed by atoms with Crippen LogP contribution in [0.3, 0.4) is 0 Å². The maximum atomic E-state index is 2.50. The van der Waals surface area contributed by atoms with Gasteiger partial charge < -0.3 is 0 Å². The van der Waals surface area contributed by atoms with Crippen LogP contribution in [-0.2, 0) is 12.8 Å². The summed E-state index contributed by atoms with van der Waals surface area (Å²) in [5.41, 5.74) is 21.4. The molecule has 0 N–H and O–H groups in total. The Morgan fingerprint density at radius 1 is 0.541 bits per heavy atom.